The van der Waals surface area contributed by atoms with Gasteiger partial charge in [-0.3, -0.25) is 4.79 Å². The molecule has 0 fully saturated rings. The molecule has 0 spiro atoms. The van der Waals surface area contributed by atoms with E-state index in [2.05, 4.69) is 0 Å². The first kappa shape index (κ1) is 19.3. The van der Waals surface area contributed by atoms with Gasteiger partial charge in [-0.25, -0.2) is 4.79 Å². The Hall–Kier alpha value is -3.02. The molecular weight excluding hydrogens is 370 g/mol. The van der Waals surface area contributed by atoms with Gasteiger partial charge in [-0.1, -0.05) is 12.1 Å². The largest absolute Gasteiger partial charge is 0.454 e. The predicted octanol–water partition coefficient (Wildman–Crippen LogP) is 3.50. The van der Waals surface area contributed by atoms with Gasteiger partial charge >= 0.3 is 5.97 Å². The summed E-state index contributed by atoms with van der Waals surface area (Å²) in [4.78, 5) is 26.6. The van der Waals surface area contributed by atoms with Crippen LogP contribution in [0.5, 0.6) is 11.5 Å². The van der Waals surface area contributed by atoms with Crippen LogP contribution in [0.4, 0.5) is 0 Å². The van der Waals surface area contributed by atoms with E-state index in [1.165, 1.54) is 17.5 Å². The molecule has 1 heterocycles. The molecule has 29 heavy (non-hydrogen) atoms. The highest BCUT2D eigenvalue weighted by Crippen LogP contribution is 2.32. The maximum Gasteiger partial charge on any atom is 0.338 e. The molecule has 1 amide bonds. The van der Waals surface area contributed by atoms with Gasteiger partial charge in [0.05, 0.1) is 5.56 Å². The van der Waals surface area contributed by atoms with Gasteiger partial charge in [-0.2, -0.15) is 0 Å². The number of ether oxygens (including phenoxy) is 3. The normalized spacial score (nSPS) is 14.2. The van der Waals surface area contributed by atoms with Crippen LogP contribution in [0.2, 0.25) is 0 Å². The summed E-state index contributed by atoms with van der Waals surface area (Å²) < 4.78 is 16.0. The highest BCUT2D eigenvalue weighted by atomic mass is 16.7. The Morgan fingerprint density at radius 1 is 1.00 bits per heavy atom. The molecule has 0 bridgehead atoms. The lowest BCUT2D eigenvalue weighted by molar-refractivity contribution is -0.134. The van der Waals surface area contributed by atoms with Crippen molar-refractivity contribution in [1.82, 2.24) is 4.90 Å². The van der Waals surface area contributed by atoms with Crippen molar-refractivity contribution >= 4 is 11.9 Å². The molecule has 2 aromatic carbocycles. The molecule has 0 N–H and O–H groups in total. The fourth-order valence-electron chi connectivity index (χ4n) is 3.80. The third-order valence-electron chi connectivity index (χ3n) is 5.46. The first-order chi connectivity index (χ1) is 14.1. The Morgan fingerprint density at radius 3 is 2.62 bits per heavy atom. The molecule has 4 rings (SSSR count). The summed E-state index contributed by atoms with van der Waals surface area (Å²) in [5.74, 6) is 0.717. The first-order valence-electron chi connectivity index (χ1n) is 10.1. The third-order valence-corrected chi connectivity index (χ3v) is 5.46. The molecule has 2 aliphatic rings. The van der Waals surface area contributed by atoms with Crippen LogP contribution in [0.25, 0.3) is 0 Å². The van der Waals surface area contributed by atoms with E-state index < -0.39 is 5.97 Å². The van der Waals surface area contributed by atoms with Crippen LogP contribution in [-0.2, 0) is 28.9 Å². The number of benzene rings is 2. The average Bonchev–Trinajstić information content (AvgIpc) is 3.23. The first-order valence-corrected chi connectivity index (χ1v) is 10.1. The molecule has 0 radical (unpaired) electrons. The molecule has 0 saturated carbocycles. The van der Waals surface area contributed by atoms with Crippen molar-refractivity contribution in [3.63, 3.8) is 0 Å². The Morgan fingerprint density at radius 2 is 1.79 bits per heavy atom. The molecule has 0 atom stereocenters. The summed E-state index contributed by atoms with van der Waals surface area (Å²) >= 11 is 0. The van der Waals surface area contributed by atoms with Crippen LogP contribution >= 0.6 is 0 Å². The maximum absolute atomic E-state index is 12.6. The molecule has 2 aromatic rings. The zero-order chi connectivity index (χ0) is 20.2. The molecular formula is C23H25NO5. The fourth-order valence-corrected chi connectivity index (χ4v) is 3.80. The molecule has 6 nitrogen and oxygen atoms in total. The molecule has 0 aromatic heterocycles. The van der Waals surface area contributed by atoms with E-state index in [1.54, 1.807) is 11.0 Å². The van der Waals surface area contributed by atoms with Gasteiger partial charge in [0, 0.05) is 13.1 Å². The predicted molar refractivity (Wildman–Crippen MR) is 107 cm³/mol. The minimum absolute atomic E-state index is 0.216. The van der Waals surface area contributed by atoms with Crippen LogP contribution in [0.3, 0.4) is 0 Å². The van der Waals surface area contributed by atoms with Gasteiger partial charge in [0.1, 0.15) is 0 Å². The Labute approximate surface area is 170 Å². The van der Waals surface area contributed by atoms with Crippen molar-refractivity contribution in [3.05, 3.63) is 58.7 Å². The Balaban J connectivity index is 1.34. The van der Waals surface area contributed by atoms with Gasteiger partial charge in [0.15, 0.2) is 18.1 Å². The van der Waals surface area contributed by atoms with Gasteiger partial charge < -0.3 is 19.1 Å². The molecule has 6 heteroatoms. The summed E-state index contributed by atoms with van der Waals surface area (Å²) in [7, 11) is 0. The number of carbonyl (C=O) groups excluding carboxylic acids is 2. The number of esters is 1. The van der Waals surface area contributed by atoms with Crippen LogP contribution in [0.1, 0.15) is 46.8 Å². The minimum Gasteiger partial charge on any atom is -0.454 e. The number of rotatable bonds is 6. The summed E-state index contributed by atoms with van der Waals surface area (Å²) in [6.07, 6.45) is 4.40. The quantitative estimate of drug-likeness (QED) is 0.701. The van der Waals surface area contributed by atoms with Gasteiger partial charge in [-0.05, 0) is 73.6 Å². The van der Waals surface area contributed by atoms with Crippen LogP contribution in [0, 0.1) is 0 Å². The topological polar surface area (TPSA) is 65.1 Å². The highest BCUT2D eigenvalue weighted by molar-refractivity contribution is 5.91. The highest BCUT2D eigenvalue weighted by Gasteiger charge is 2.19. The van der Waals surface area contributed by atoms with Gasteiger partial charge in [0.25, 0.3) is 5.91 Å². The number of hydrogen-bond donors (Lipinski definition) is 0. The van der Waals surface area contributed by atoms with E-state index in [4.69, 9.17) is 14.2 Å². The number of carbonyl (C=O) groups is 2. The van der Waals surface area contributed by atoms with E-state index >= 15 is 0 Å². The Kier molecular flexibility index (Phi) is 5.69. The lowest BCUT2D eigenvalue weighted by Crippen LogP contribution is -2.34. The molecule has 1 aliphatic heterocycles. The number of nitrogens with zero attached hydrogens (tertiary/aromatic N) is 1. The lowest BCUT2D eigenvalue weighted by Gasteiger charge is -2.21. The van der Waals surface area contributed by atoms with Gasteiger partial charge in [0.2, 0.25) is 6.79 Å². The van der Waals surface area contributed by atoms with Crippen molar-refractivity contribution in [3.8, 4) is 11.5 Å². The zero-order valence-electron chi connectivity index (χ0n) is 16.6. The second-order valence-electron chi connectivity index (χ2n) is 7.36. The summed E-state index contributed by atoms with van der Waals surface area (Å²) in [6.45, 7) is 2.78. The van der Waals surface area contributed by atoms with E-state index in [-0.39, 0.29) is 19.3 Å². The van der Waals surface area contributed by atoms with E-state index in [0.29, 0.717) is 30.2 Å². The summed E-state index contributed by atoms with van der Waals surface area (Å²) in [5, 5.41) is 0. The van der Waals surface area contributed by atoms with Crippen molar-refractivity contribution < 1.29 is 23.8 Å². The Bertz CT molecular complexity index is 923. The van der Waals surface area contributed by atoms with E-state index in [0.717, 1.165) is 24.8 Å². The number of aryl methyl sites for hydroxylation is 2. The second kappa shape index (κ2) is 8.55. The smallest absolute Gasteiger partial charge is 0.338 e. The molecule has 0 saturated heterocycles. The fraction of sp³-hybridized carbons (Fsp3) is 0.391. The average molecular weight is 395 g/mol. The van der Waals surface area contributed by atoms with Crippen molar-refractivity contribution in [2.45, 2.75) is 39.2 Å². The van der Waals surface area contributed by atoms with E-state index in [1.807, 2.05) is 37.3 Å². The van der Waals surface area contributed by atoms with Crippen LogP contribution in [0.15, 0.2) is 36.4 Å². The monoisotopic (exact) mass is 395 g/mol. The van der Waals surface area contributed by atoms with Gasteiger partial charge in [-0.15, -0.1) is 0 Å². The van der Waals surface area contributed by atoms with Crippen molar-refractivity contribution in [2.75, 3.05) is 19.9 Å². The summed E-state index contributed by atoms with van der Waals surface area (Å²) in [5.41, 5.74) is 3.97. The number of fused-ring (bicyclic) bond motifs is 2. The second-order valence-corrected chi connectivity index (χ2v) is 7.36. The summed E-state index contributed by atoms with van der Waals surface area (Å²) in [6, 6.07) is 11.3. The maximum atomic E-state index is 12.6. The van der Waals surface area contributed by atoms with Crippen LogP contribution < -0.4 is 9.47 Å². The van der Waals surface area contributed by atoms with Crippen molar-refractivity contribution in [2.24, 2.45) is 0 Å². The van der Waals surface area contributed by atoms with Crippen molar-refractivity contribution in [1.29, 1.82) is 0 Å². The standard InChI is InChI=1S/C23H25NO5/c1-2-24(13-16-7-10-20-21(11-16)29-15-28-20)22(25)14-27-23(26)19-9-8-17-5-3-4-6-18(17)12-19/h7-12H,2-6,13-15H2,1H3. The zero-order valence-corrected chi connectivity index (χ0v) is 16.6. The number of hydrogen-bond acceptors (Lipinski definition) is 5. The molecule has 0 unspecified atom stereocenters. The molecule has 152 valence electrons. The van der Waals surface area contributed by atoms with E-state index in [9.17, 15) is 9.59 Å². The third kappa shape index (κ3) is 4.36. The van der Waals surface area contributed by atoms with Crippen LogP contribution in [-0.4, -0.2) is 36.7 Å². The SMILES string of the molecule is CCN(Cc1ccc2c(c1)OCO2)C(=O)COC(=O)c1ccc2c(c1)CCCC2. The molecule has 1 aliphatic carbocycles. The number of likely N-dealkylation sites (N-methyl/N-ethyl adjacent to an activating group) is 1. The minimum atomic E-state index is -0.453. The lowest BCUT2D eigenvalue weighted by atomic mass is 9.90. The number of amides is 1.